The molecule has 0 nitrogen and oxygen atoms in total. The molecule has 0 spiro atoms. The molecule has 0 aliphatic rings. The Morgan fingerprint density at radius 1 is 1.31 bits per heavy atom. The molecule has 1 unspecified atom stereocenters. The van der Waals surface area contributed by atoms with E-state index in [0.717, 1.165) is 6.07 Å². The average molecular weight is 271 g/mol. The van der Waals surface area contributed by atoms with Crippen molar-refractivity contribution in [3.8, 4) is 0 Å². The molecule has 0 bridgehead atoms. The van der Waals surface area contributed by atoms with Crippen LogP contribution in [0.25, 0.3) is 0 Å². The first kappa shape index (κ1) is 10.9. The van der Waals surface area contributed by atoms with Crippen LogP contribution in [0.5, 0.6) is 0 Å². The number of halogens is 4. The molecule has 72 valence electrons. The van der Waals surface area contributed by atoms with E-state index < -0.39 is 11.7 Å². The summed E-state index contributed by atoms with van der Waals surface area (Å²) >= 11 is 6.92. The molecular weight excluding hydrogens is 263 g/mol. The number of hydrogen-bond donors (Lipinski definition) is 0. The normalized spacial score (nSPS) is 11.8. The molecule has 0 amide bonds. The van der Waals surface area contributed by atoms with E-state index in [2.05, 4.69) is 0 Å². The van der Waals surface area contributed by atoms with Gasteiger partial charge in [0.05, 0.1) is 0 Å². The van der Waals surface area contributed by atoms with Crippen molar-refractivity contribution in [2.75, 3.05) is 0 Å². The third kappa shape index (κ3) is 2.41. The van der Waals surface area contributed by atoms with E-state index in [-0.39, 0.29) is 5.02 Å². The van der Waals surface area contributed by atoms with E-state index in [0.29, 0.717) is 10.8 Å². The third-order valence-corrected chi connectivity index (χ3v) is 2.97. The van der Waals surface area contributed by atoms with Crippen LogP contribution in [0.15, 0.2) is 18.2 Å². The molecule has 0 saturated carbocycles. The second-order valence-electron chi connectivity index (χ2n) is 2.48. The van der Waals surface area contributed by atoms with Crippen LogP contribution >= 0.6 is 11.6 Å². The summed E-state index contributed by atoms with van der Waals surface area (Å²) in [6.45, 7) is 0. The van der Waals surface area contributed by atoms with Crippen molar-refractivity contribution >= 4 is 28.5 Å². The number of rotatable bonds is 1. The molecule has 1 aromatic carbocycles. The SMILES string of the molecule is FC(F)(F)c1cccc(C[AsH2])c1Cl. The topological polar surface area (TPSA) is 0 Å². The van der Waals surface area contributed by atoms with Gasteiger partial charge in [0.25, 0.3) is 0 Å². The fourth-order valence-corrected chi connectivity index (χ4v) is 2.25. The van der Waals surface area contributed by atoms with Gasteiger partial charge >= 0.3 is 87.4 Å². The van der Waals surface area contributed by atoms with Gasteiger partial charge < -0.3 is 0 Å². The molecule has 0 aliphatic heterocycles. The Labute approximate surface area is 87.6 Å². The van der Waals surface area contributed by atoms with Crippen LogP contribution < -0.4 is 0 Å². The van der Waals surface area contributed by atoms with Crippen LogP contribution in [0.1, 0.15) is 11.1 Å². The second kappa shape index (κ2) is 3.93. The molecule has 0 N–H and O–H groups in total. The molecule has 0 radical (unpaired) electrons. The molecule has 1 aromatic rings. The van der Waals surface area contributed by atoms with Crippen molar-refractivity contribution in [1.29, 1.82) is 0 Å². The first-order chi connectivity index (χ1) is 5.96. The van der Waals surface area contributed by atoms with E-state index in [4.69, 9.17) is 11.6 Å². The van der Waals surface area contributed by atoms with E-state index in [1.54, 1.807) is 6.07 Å². The average Bonchev–Trinajstić information content (AvgIpc) is 2.02. The Morgan fingerprint density at radius 2 is 1.92 bits per heavy atom. The molecule has 1 atom stereocenters. The summed E-state index contributed by atoms with van der Waals surface area (Å²) in [5.41, 5.74) is -0.194. The first-order valence-electron chi connectivity index (χ1n) is 3.51. The van der Waals surface area contributed by atoms with Gasteiger partial charge in [-0.3, -0.25) is 0 Å². The summed E-state index contributed by atoms with van der Waals surface area (Å²) in [5, 5.41) is 0.398. The first-order valence-corrected chi connectivity index (χ1v) is 5.60. The number of hydrogen-bond acceptors (Lipinski definition) is 0. The molecule has 5 heteroatoms. The van der Waals surface area contributed by atoms with Gasteiger partial charge in [-0.1, -0.05) is 0 Å². The van der Waals surface area contributed by atoms with Crippen LogP contribution in [-0.4, -0.2) is 16.9 Å². The monoisotopic (exact) mass is 270 g/mol. The van der Waals surface area contributed by atoms with Crippen molar-refractivity contribution < 1.29 is 13.2 Å². The van der Waals surface area contributed by atoms with Gasteiger partial charge in [-0.05, 0) is 0 Å². The zero-order valence-corrected chi connectivity index (χ0v) is 9.71. The minimum absolute atomic E-state index is 0.167. The maximum atomic E-state index is 12.3. The summed E-state index contributed by atoms with van der Waals surface area (Å²) in [6.07, 6.45) is -4.35. The predicted octanol–water partition coefficient (Wildman–Crippen LogP) is 2.49. The summed E-state index contributed by atoms with van der Waals surface area (Å²) < 4.78 is 36.9. The van der Waals surface area contributed by atoms with Crippen LogP contribution in [-0.2, 0) is 11.4 Å². The zero-order chi connectivity index (χ0) is 10.1. The van der Waals surface area contributed by atoms with Crippen LogP contribution in [0.2, 0.25) is 5.02 Å². The summed E-state index contributed by atoms with van der Waals surface area (Å²) in [4.78, 5) is 0. The van der Waals surface area contributed by atoms with Crippen LogP contribution in [0.3, 0.4) is 0 Å². The molecule has 13 heavy (non-hydrogen) atoms. The molecule has 0 aliphatic carbocycles. The van der Waals surface area contributed by atoms with Gasteiger partial charge in [-0.2, -0.15) is 0 Å². The molecule has 0 fully saturated rings. The van der Waals surface area contributed by atoms with E-state index in [1.807, 2.05) is 0 Å². The Morgan fingerprint density at radius 3 is 2.38 bits per heavy atom. The van der Waals surface area contributed by atoms with Gasteiger partial charge in [-0.15, -0.1) is 0 Å². The van der Waals surface area contributed by atoms with Crippen molar-refractivity contribution in [3.05, 3.63) is 34.3 Å². The molecule has 0 saturated heterocycles. The Kier molecular flexibility index (Phi) is 3.31. The number of benzene rings is 1. The second-order valence-corrected chi connectivity index (χ2v) is 3.72. The van der Waals surface area contributed by atoms with Gasteiger partial charge in [-0.25, -0.2) is 0 Å². The Bertz CT molecular complexity index is 309. The van der Waals surface area contributed by atoms with Gasteiger partial charge in [0.15, 0.2) is 0 Å². The zero-order valence-electron chi connectivity index (χ0n) is 6.53. The van der Waals surface area contributed by atoms with E-state index in [9.17, 15) is 13.2 Å². The van der Waals surface area contributed by atoms with Crippen molar-refractivity contribution in [2.24, 2.45) is 0 Å². The van der Waals surface area contributed by atoms with Crippen molar-refractivity contribution in [1.82, 2.24) is 0 Å². The van der Waals surface area contributed by atoms with E-state index >= 15 is 0 Å². The van der Waals surface area contributed by atoms with E-state index in [1.165, 1.54) is 22.9 Å². The molecule has 0 heterocycles. The minimum atomic E-state index is -4.35. The molecule has 1 rings (SSSR count). The summed E-state index contributed by atoms with van der Waals surface area (Å²) in [7, 11) is 0. The number of alkyl halides is 3. The Hall–Kier alpha value is -0.142. The fourth-order valence-electron chi connectivity index (χ4n) is 0.956. The predicted molar refractivity (Wildman–Crippen MR) is 48.7 cm³/mol. The Balaban J connectivity index is 3.24. The third-order valence-electron chi connectivity index (χ3n) is 1.60. The maximum absolute atomic E-state index is 12.3. The fraction of sp³-hybridized carbons (Fsp3) is 0.250. The van der Waals surface area contributed by atoms with Crippen LogP contribution in [0.4, 0.5) is 13.2 Å². The van der Waals surface area contributed by atoms with Gasteiger partial charge in [0.2, 0.25) is 0 Å². The standard InChI is InChI=1S/C8H7AsClF3/c9-4-5-2-1-3-6(7(5)10)8(11,12)13/h1-3H,4,9H2. The molecular formula is C8H7AsClF3. The van der Waals surface area contributed by atoms with Crippen molar-refractivity contribution in [3.63, 3.8) is 0 Å². The quantitative estimate of drug-likeness (QED) is 0.688. The van der Waals surface area contributed by atoms with Crippen molar-refractivity contribution in [2.45, 2.75) is 11.4 Å². The molecule has 0 aromatic heterocycles. The van der Waals surface area contributed by atoms with Gasteiger partial charge in [0, 0.05) is 0 Å². The summed E-state index contributed by atoms with van der Waals surface area (Å²) in [6, 6.07) is 3.98. The summed E-state index contributed by atoms with van der Waals surface area (Å²) in [5.74, 6) is 0. The van der Waals surface area contributed by atoms with Gasteiger partial charge in [0.1, 0.15) is 0 Å². The van der Waals surface area contributed by atoms with Crippen LogP contribution in [0, 0.1) is 0 Å².